The van der Waals surface area contributed by atoms with E-state index in [0.29, 0.717) is 19.8 Å². The lowest BCUT2D eigenvalue weighted by atomic mass is 10.2. The third kappa shape index (κ3) is 2.03. The third-order valence-electron chi connectivity index (χ3n) is 1.82. The van der Waals surface area contributed by atoms with Crippen LogP contribution in [0.5, 0.6) is 0 Å². The molecule has 0 spiro atoms. The summed E-state index contributed by atoms with van der Waals surface area (Å²) in [6, 6.07) is -0.345. The molecule has 3 N–H and O–H groups in total. The van der Waals surface area contributed by atoms with E-state index in [2.05, 4.69) is 31.3 Å². The molecule has 1 aromatic rings. The van der Waals surface area contributed by atoms with E-state index >= 15 is 0 Å². The maximum atomic E-state index is 11.5. The number of hydrogen-bond donors (Lipinski definition) is 3. The van der Waals surface area contributed by atoms with Crippen LogP contribution in [0.1, 0.15) is 0 Å². The number of anilines is 1. The molecule has 0 radical (unpaired) electrons. The van der Waals surface area contributed by atoms with Gasteiger partial charge in [0, 0.05) is 6.54 Å². The molecule has 1 amide bonds. The lowest BCUT2D eigenvalue weighted by Crippen LogP contribution is -2.49. The first kappa shape index (κ1) is 9.03. The van der Waals surface area contributed by atoms with Crippen molar-refractivity contribution in [2.45, 2.75) is 6.04 Å². The molecule has 1 aromatic heterocycles. The third-order valence-corrected chi connectivity index (χ3v) is 1.82. The predicted molar refractivity (Wildman–Crippen MR) is 45.4 cm³/mol. The monoisotopic (exact) mass is 198 g/mol. The van der Waals surface area contributed by atoms with Gasteiger partial charge in [0.15, 0.2) is 0 Å². The van der Waals surface area contributed by atoms with E-state index in [9.17, 15) is 4.79 Å². The quantitative estimate of drug-likeness (QED) is 0.514. The minimum absolute atomic E-state index is 0.169. The number of morpholine rings is 1. The maximum absolute atomic E-state index is 11.5. The average molecular weight is 198 g/mol. The number of tetrazole rings is 1. The lowest BCUT2D eigenvalue weighted by molar-refractivity contribution is -0.120. The molecule has 1 atom stereocenters. The van der Waals surface area contributed by atoms with Gasteiger partial charge in [-0.15, -0.1) is 5.10 Å². The summed E-state index contributed by atoms with van der Waals surface area (Å²) in [4.78, 5) is 11.5. The zero-order chi connectivity index (χ0) is 9.80. The number of hydrogen-bond acceptors (Lipinski definition) is 6. The fraction of sp³-hybridized carbons (Fsp3) is 0.667. The smallest absolute Gasteiger partial charge is 0.269 e. The fourth-order valence-corrected chi connectivity index (χ4v) is 1.15. The van der Waals surface area contributed by atoms with Crippen LogP contribution in [0.15, 0.2) is 0 Å². The minimum atomic E-state index is -0.345. The van der Waals surface area contributed by atoms with Crippen molar-refractivity contribution in [3.8, 4) is 0 Å². The van der Waals surface area contributed by atoms with Crippen LogP contribution >= 0.6 is 0 Å². The molecule has 8 heteroatoms. The van der Waals surface area contributed by atoms with Crippen molar-refractivity contribution in [1.29, 1.82) is 0 Å². The molecule has 0 aromatic carbocycles. The van der Waals surface area contributed by atoms with Crippen LogP contribution in [0.4, 0.5) is 5.95 Å². The molecule has 76 valence electrons. The highest BCUT2D eigenvalue weighted by molar-refractivity contribution is 5.93. The van der Waals surface area contributed by atoms with Crippen molar-refractivity contribution >= 4 is 11.9 Å². The van der Waals surface area contributed by atoms with Crippen molar-refractivity contribution in [3.63, 3.8) is 0 Å². The molecular weight excluding hydrogens is 188 g/mol. The Labute approximate surface area is 79.4 Å². The molecule has 8 nitrogen and oxygen atoms in total. The normalized spacial score (nSPS) is 21.9. The number of carbonyl (C=O) groups excluding carboxylic acids is 1. The Kier molecular flexibility index (Phi) is 2.65. The summed E-state index contributed by atoms with van der Waals surface area (Å²) in [6.45, 7) is 1.67. The number of carbonyl (C=O) groups is 1. The Bertz CT molecular complexity index is 293. The van der Waals surface area contributed by atoms with Crippen LogP contribution in [-0.4, -0.2) is 52.3 Å². The number of nitrogens with zero attached hydrogens (tertiary/aromatic N) is 3. The van der Waals surface area contributed by atoms with E-state index in [1.807, 2.05) is 0 Å². The second-order valence-electron chi connectivity index (χ2n) is 2.81. The number of aromatic nitrogens is 4. The molecule has 14 heavy (non-hydrogen) atoms. The Morgan fingerprint density at radius 2 is 2.57 bits per heavy atom. The van der Waals surface area contributed by atoms with Crippen LogP contribution in [0.3, 0.4) is 0 Å². The van der Waals surface area contributed by atoms with Crippen LogP contribution in [0, 0.1) is 0 Å². The molecular formula is C6H10N6O2. The van der Waals surface area contributed by atoms with Gasteiger partial charge in [0.2, 0.25) is 5.91 Å². The predicted octanol–water partition coefficient (Wildman–Crippen LogP) is -1.87. The Morgan fingerprint density at radius 3 is 3.21 bits per heavy atom. The highest BCUT2D eigenvalue weighted by Crippen LogP contribution is 1.97. The van der Waals surface area contributed by atoms with Crippen molar-refractivity contribution in [2.75, 3.05) is 25.1 Å². The van der Waals surface area contributed by atoms with Gasteiger partial charge in [-0.3, -0.25) is 10.1 Å². The Balaban J connectivity index is 1.88. The first-order valence-electron chi connectivity index (χ1n) is 4.22. The van der Waals surface area contributed by atoms with E-state index in [4.69, 9.17) is 4.74 Å². The van der Waals surface area contributed by atoms with Crippen molar-refractivity contribution in [1.82, 2.24) is 25.9 Å². The molecule has 1 aliphatic rings. The van der Waals surface area contributed by atoms with Gasteiger partial charge in [0.25, 0.3) is 5.95 Å². The number of nitrogens with one attached hydrogen (secondary N) is 3. The van der Waals surface area contributed by atoms with Crippen molar-refractivity contribution < 1.29 is 9.53 Å². The average Bonchev–Trinajstić information content (AvgIpc) is 2.72. The highest BCUT2D eigenvalue weighted by atomic mass is 16.5. The van der Waals surface area contributed by atoms with Gasteiger partial charge in [0.1, 0.15) is 6.04 Å². The van der Waals surface area contributed by atoms with Crippen LogP contribution in [0.25, 0.3) is 0 Å². The van der Waals surface area contributed by atoms with Gasteiger partial charge in [-0.05, 0) is 5.21 Å². The van der Waals surface area contributed by atoms with Gasteiger partial charge in [-0.25, -0.2) is 0 Å². The number of H-pyrrole nitrogens is 1. The summed E-state index contributed by atoms with van der Waals surface area (Å²) < 4.78 is 5.13. The van der Waals surface area contributed by atoms with E-state index < -0.39 is 0 Å². The number of rotatable bonds is 2. The number of ether oxygens (including phenoxy) is 1. The summed E-state index contributed by atoms with van der Waals surface area (Å²) >= 11 is 0. The second-order valence-corrected chi connectivity index (χ2v) is 2.81. The Hall–Kier alpha value is -1.54. The first-order valence-corrected chi connectivity index (χ1v) is 4.22. The largest absolute Gasteiger partial charge is 0.378 e. The van der Waals surface area contributed by atoms with Gasteiger partial charge in [-0.2, -0.15) is 5.21 Å². The molecule has 0 aliphatic carbocycles. The van der Waals surface area contributed by atoms with Gasteiger partial charge >= 0.3 is 0 Å². The summed E-state index contributed by atoms with van der Waals surface area (Å²) in [5.74, 6) is -0.0477. The summed E-state index contributed by atoms with van der Waals surface area (Å²) in [5, 5.41) is 18.3. The SMILES string of the molecule is O=C(Nc1nn[nH]n1)[C@H]1COCCN1. The maximum Gasteiger partial charge on any atom is 0.269 e. The molecule has 1 saturated heterocycles. The van der Waals surface area contributed by atoms with E-state index in [1.165, 1.54) is 0 Å². The minimum Gasteiger partial charge on any atom is -0.378 e. The lowest BCUT2D eigenvalue weighted by Gasteiger charge is -2.21. The Morgan fingerprint density at radius 1 is 1.64 bits per heavy atom. The van der Waals surface area contributed by atoms with Crippen LogP contribution in [0.2, 0.25) is 0 Å². The summed E-state index contributed by atoms with van der Waals surface area (Å²) in [5.41, 5.74) is 0. The zero-order valence-electron chi connectivity index (χ0n) is 7.36. The number of amides is 1. The second kappa shape index (κ2) is 4.11. The van der Waals surface area contributed by atoms with Gasteiger partial charge in [-0.1, -0.05) is 5.10 Å². The molecule has 2 heterocycles. The highest BCUT2D eigenvalue weighted by Gasteiger charge is 2.21. The number of aromatic amines is 1. The van der Waals surface area contributed by atoms with Gasteiger partial charge in [0.05, 0.1) is 13.2 Å². The van der Waals surface area contributed by atoms with Crippen LogP contribution < -0.4 is 10.6 Å². The van der Waals surface area contributed by atoms with Crippen LogP contribution in [-0.2, 0) is 9.53 Å². The van der Waals surface area contributed by atoms with E-state index in [1.54, 1.807) is 0 Å². The van der Waals surface area contributed by atoms with Gasteiger partial charge < -0.3 is 10.1 Å². The van der Waals surface area contributed by atoms with E-state index in [0.717, 1.165) is 0 Å². The first-order chi connectivity index (χ1) is 6.86. The standard InChI is InChI=1S/C6H10N6O2/c13-5(4-3-14-2-1-7-4)8-6-9-11-12-10-6/h4,7H,1-3H2,(H2,8,9,10,11,12,13)/t4-/m1/s1. The molecule has 1 aliphatic heterocycles. The topological polar surface area (TPSA) is 105 Å². The zero-order valence-corrected chi connectivity index (χ0v) is 7.36. The summed E-state index contributed by atoms with van der Waals surface area (Å²) in [6.07, 6.45) is 0. The fourth-order valence-electron chi connectivity index (χ4n) is 1.15. The van der Waals surface area contributed by atoms with E-state index in [-0.39, 0.29) is 17.9 Å². The van der Waals surface area contributed by atoms with Crippen molar-refractivity contribution in [3.05, 3.63) is 0 Å². The molecule has 0 saturated carbocycles. The molecule has 0 bridgehead atoms. The molecule has 2 rings (SSSR count). The van der Waals surface area contributed by atoms with Crippen molar-refractivity contribution in [2.24, 2.45) is 0 Å². The molecule has 1 fully saturated rings. The molecule has 0 unspecified atom stereocenters. The summed E-state index contributed by atoms with van der Waals surface area (Å²) in [7, 11) is 0.